The predicted molar refractivity (Wildman–Crippen MR) is 48.5 cm³/mol. The molecule has 2 rings (SSSR count). The first kappa shape index (κ1) is 8.25. The number of nitrogens with zero attached hydrogens (tertiary/aromatic N) is 1. The Bertz CT molecular complexity index is 380. The van der Waals surface area contributed by atoms with E-state index in [0.717, 1.165) is 12.0 Å². The molecule has 1 aromatic rings. The molecule has 0 aliphatic heterocycles. The zero-order valence-electron chi connectivity index (χ0n) is 7.42. The number of benzene rings is 1. The lowest BCUT2D eigenvalue weighted by Gasteiger charge is -2.03. The molecule has 66 valence electrons. The Labute approximate surface area is 77.0 Å². The number of hydrogen-bond donors (Lipinski definition) is 0. The summed E-state index contributed by atoms with van der Waals surface area (Å²) in [5.74, 6) is 0.117. The summed E-state index contributed by atoms with van der Waals surface area (Å²) in [6.45, 7) is 9.14. The quantitative estimate of drug-likeness (QED) is 0.578. The SMILES string of the molecule is [C-]#[N+]C1(c2cccc(F)c2)CC1C. The third kappa shape index (κ3) is 1.12. The van der Waals surface area contributed by atoms with E-state index in [1.54, 1.807) is 6.07 Å². The second kappa shape index (κ2) is 2.56. The van der Waals surface area contributed by atoms with Crippen molar-refractivity contribution < 1.29 is 4.39 Å². The molecule has 0 amide bonds. The van der Waals surface area contributed by atoms with E-state index in [1.807, 2.05) is 13.0 Å². The fourth-order valence-electron chi connectivity index (χ4n) is 1.79. The van der Waals surface area contributed by atoms with Crippen LogP contribution in [0.4, 0.5) is 4.39 Å². The zero-order valence-corrected chi connectivity index (χ0v) is 7.42. The van der Waals surface area contributed by atoms with Gasteiger partial charge >= 0.3 is 0 Å². The molecule has 13 heavy (non-hydrogen) atoms. The number of halogens is 1. The van der Waals surface area contributed by atoms with Gasteiger partial charge in [-0.2, -0.15) is 0 Å². The van der Waals surface area contributed by atoms with Crippen LogP contribution in [0.15, 0.2) is 24.3 Å². The van der Waals surface area contributed by atoms with Gasteiger partial charge in [0.2, 0.25) is 0 Å². The van der Waals surface area contributed by atoms with E-state index in [9.17, 15) is 4.39 Å². The van der Waals surface area contributed by atoms with Crippen molar-refractivity contribution in [1.82, 2.24) is 0 Å². The third-order valence-electron chi connectivity index (χ3n) is 2.80. The van der Waals surface area contributed by atoms with Crippen LogP contribution < -0.4 is 0 Å². The lowest BCUT2D eigenvalue weighted by atomic mass is 10.0. The van der Waals surface area contributed by atoms with Crippen LogP contribution in [0.5, 0.6) is 0 Å². The topological polar surface area (TPSA) is 4.36 Å². The molecule has 1 aromatic carbocycles. The fraction of sp³-hybridized carbons (Fsp3) is 0.364. The molecule has 0 spiro atoms. The summed E-state index contributed by atoms with van der Waals surface area (Å²) in [5, 5.41) is 0. The monoisotopic (exact) mass is 175 g/mol. The van der Waals surface area contributed by atoms with Gasteiger partial charge in [-0.1, -0.05) is 19.1 Å². The number of hydrogen-bond acceptors (Lipinski definition) is 0. The van der Waals surface area contributed by atoms with Crippen molar-refractivity contribution in [2.24, 2.45) is 5.92 Å². The van der Waals surface area contributed by atoms with Gasteiger partial charge in [-0.05, 0) is 12.1 Å². The Morgan fingerprint density at radius 1 is 1.62 bits per heavy atom. The van der Waals surface area contributed by atoms with Crippen LogP contribution in [0.25, 0.3) is 4.85 Å². The van der Waals surface area contributed by atoms with E-state index in [2.05, 4.69) is 4.85 Å². The van der Waals surface area contributed by atoms with E-state index in [0.29, 0.717) is 5.92 Å². The summed E-state index contributed by atoms with van der Waals surface area (Å²) in [7, 11) is 0. The van der Waals surface area contributed by atoms with Gasteiger partial charge in [0.1, 0.15) is 5.82 Å². The maximum absolute atomic E-state index is 12.9. The van der Waals surface area contributed by atoms with Gasteiger partial charge in [-0.15, -0.1) is 0 Å². The molecule has 2 heteroatoms. The van der Waals surface area contributed by atoms with E-state index in [4.69, 9.17) is 6.57 Å². The average molecular weight is 175 g/mol. The summed E-state index contributed by atoms with van der Waals surface area (Å²) in [5.41, 5.74) is 0.414. The molecule has 1 fully saturated rings. The highest BCUT2D eigenvalue weighted by Gasteiger charge is 2.60. The average Bonchev–Trinajstić information content (AvgIpc) is 2.78. The van der Waals surface area contributed by atoms with Crippen LogP contribution in [-0.4, -0.2) is 0 Å². The first-order chi connectivity index (χ1) is 6.19. The smallest absolute Gasteiger partial charge is 0.261 e. The molecule has 2 atom stereocenters. The summed E-state index contributed by atoms with van der Waals surface area (Å²) in [6.07, 6.45) is 0.861. The maximum Gasteiger partial charge on any atom is 0.261 e. The lowest BCUT2D eigenvalue weighted by Crippen LogP contribution is -2.02. The Morgan fingerprint density at radius 3 is 2.77 bits per heavy atom. The van der Waals surface area contributed by atoms with Gasteiger partial charge in [-0.3, -0.25) is 0 Å². The molecular formula is C11H10FN. The van der Waals surface area contributed by atoms with Crippen molar-refractivity contribution in [2.45, 2.75) is 18.9 Å². The highest BCUT2D eigenvalue weighted by Crippen LogP contribution is 2.55. The highest BCUT2D eigenvalue weighted by atomic mass is 19.1. The Balaban J connectivity index is 2.42. The zero-order chi connectivity index (χ0) is 9.47. The van der Waals surface area contributed by atoms with Crippen LogP contribution >= 0.6 is 0 Å². The Morgan fingerprint density at radius 2 is 2.31 bits per heavy atom. The molecule has 0 N–H and O–H groups in total. The summed E-state index contributed by atoms with van der Waals surface area (Å²) < 4.78 is 12.9. The van der Waals surface area contributed by atoms with Crippen LogP contribution in [0, 0.1) is 18.3 Å². The molecular weight excluding hydrogens is 165 g/mol. The molecule has 1 saturated carbocycles. The summed E-state index contributed by atoms with van der Waals surface area (Å²) in [4.78, 5) is 3.61. The van der Waals surface area contributed by atoms with Crippen LogP contribution in [0.3, 0.4) is 0 Å². The minimum absolute atomic E-state index is 0.250. The predicted octanol–water partition coefficient (Wildman–Crippen LogP) is 2.98. The molecule has 1 nitrogen and oxygen atoms in total. The van der Waals surface area contributed by atoms with Crippen molar-refractivity contribution >= 4 is 0 Å². The first-order valence-electron chi connectivity index (χ1n) is 4.34. The van der Waals surface area contributed by atoms with E-state index in [-0.39, 0.29) is 5.82 Å². The third-order valence-corrected chi connectivity index (χ3v) is 2.80. The minimum Gasteiger partial charge on any atom is -0.305 e. The molecule has 0 radical (unpaired) electrons. The molecule has 0 aromatic heterocycles. The highest BCUT2D eigenvalue weighted by molar-refractivity contribution is 5.36. The molecule has 0 heterocycles. The summed E-state index contributed by atoms with van der Waals surface area (Å²) in [6, 6.07) is 6.39. The molecule has 0 bridgehead atoms. The van der Waals surface area contributed by atoms with Gasteiger partial charge in [0.25, 0.3) is 5.54 Å². The summed E-state index contributed by atoms with van der Waals surface area (Å²) >= 11 is 0. The van der Waals surface area contributed by atoms with Crippen molar-refractivity contribution in [3.05, 3.63) is 47.1 Å². The molecule has 1 aliphatic carbocycles. The maximum atomic E-state index is 12.9. The first-order valence-corrected chi connectivity index (χ1v) is 4.34. The van der Waals surface area contributed by atoms with Gasteiger partial charge in [0.15, 0.2) is 0 Å². The Hall–Kier alpha value is -1.36. The van der Waals surface area contributed by atoms with Crippen LogP contribution in [0.1, 0.15) is 18.9 Å². The van der Waals surface area contributed by atoms with E-state index >= 15 is 0 Å². The van der Waals surface area contributed by atoms with Crippen molar-refractivity contribution in [3.8, 4) is 0 Å². The van der Waals surface area contributed by atoms with Crippen molar-refractivity contribution in [3.63, 3.8) is 0 Å². The number of rotatable bonds is 1. The van der Waals surface area contributed by atoms with Crippen molar-refractivity contribution in [1.29, 1.82) is 0 Å². The van der Waals surface area contributed by atoms with Gasteiger partial charge in [0.05, 0.1) is 0 Å². The second-order valence-electron chi connectivity index (χ2n) is 3.65. The van der Waals surface area contributed by atoms with Gasteiger partial charge in [-0.25, -0.2) is 11.0 Å². The normalized spacial score (nSPS) is 31.0. The molecule has 2 unspecified atom stereocenters. The van der Waals surface area contributed by atoms with Crippen LogP contribution in [-0.2, 0) is 5.54 Å². The Kier molecular flexibility index (Phi) is 1.63. The fourth-order valence-corrected chi connectivity index (χ4v) is 1.79. The van der Waals surface area contributed by atoms with Gasteiger partial charge < -0.3 is 4.85 Å². The molecule has 1 aliphatic rings. The lowest BCUT2D eigenvalue weighted by molar-refractivity contribution is 0.621. The van der Waals surface area contributed by atoms with Crippen LogP contribution in [0.2, 0.25) is 0 Å². The van der Waals surface area contributed by atoms with E-state index in [1.165, 1.54) is 12.1 Å². The van der Waals surface area contributed by atoms with E-state index < -0.39 is 5.54 Å². The van der Waals surface area contributed by atoms with Crippen molar-refractivity contribution in [2.75, 3.05) is 0 Å². The minimum atomic E-state index is -0.415. The molecule has 0 saturated heterocycles. The standard InChI is InChI=1S/C11H10FN/c1-8-7-11(8,13-2)9-4-3-5-10(12)6-9/h3-6,8H,7H2,1H3. The second-order valence-corrected chi connectivity index (χ2v) is 3.65. The van der Waals surface area contributed by atoms with Gasteiger partial charge in [0, 0.05) is 17.9 Å². The largest absolute Gasteiger partial charge is 0.305 e.